The molecule has 1 aliphatic rings. The van der Waals surface area contributed by atoms with E-state index in [9.17, 15) is 0 Å². The van der Waals surface area contributed by atoms with Crippen molar-refractivity contribution in [3.63, 3.8) is 0 Å². The first-order valence-electron chi connectivity index (χ1n) is 7.61. The Kier molecular flexibility index (Phi) is 4.82. The molecule has 1 N–H and O–H groups in total. The third-order valence-electron chi connectivity index (χ3n) is 4.00. The zero-order chi connectivity index (χ0) is 13.6. The average molecular weight is 286 g/mol. The smallest absolute Gasteiger partial charge is 0.0932 e. The Morgan fingerprint density at radius 1 is 1.10 bits per heavy atom. The summed E-state index contributed by atoms with van der Waals surface area (Å²) in [6, 6.07) is 11.4. The molecule has 0 saturated heterocycles. The minimum Gasteiger partial charge on any atom is -0.308 e. The van der Waals surface area contributed by atoms with Crippen molar-refractivity contribution in [1.82, 2.24) is 10.3 Å². The van der Waals surface area contributed by atoms with Crippen molar-refractivity contribution < 1.29 is 0 Å². The van der Waals surface area contributed by atoms with Crippen LogP contribution in [-0.2, 0) is 19.4 Å². The maximum Gasteiger partial charge on any atom is 0.0932 e. The fourth-order valence-electron chi connectivity index (χ4n) is 2.82. The number of rotatable bonds is 6. The monoisotopic (exact) mass is 286 g/mol. The molecule has 20 heavy (non-hydrogen) atoms. The van der Waals surface area contributed by atoms with Gasteiger partial charge in [0.25, 0.3) is 0 Å². The van der Waals surface area contributed by atoms with Gasteiger partial charge in [-0.05, 0) is 24.8 Å². The van der Waals surface area contributed by atoms with Gasteiger partial charge < -0.3 is 5.32 Å². The molecule has 106 valence electrons. The Morgan fingerprint density at radius 3 is 2.70 bits per heavy atom. The van der Waals surface area contributed by atoms with Crippen LogP contribution in [0, 0.1) is 0 Å². The third kappa shape index (κ3) is 3.90. The minimum absolute atomic E-state index is 0.726. The first-order valence-corrected chi connectivity index (χ1v) is 8.49. The first-order chi connectivity index (χ1) is 9.90. The molecule has 1 heterocycles. The Hall–Kier alpha value is -1.19. The number of benzene rings is 1. The van der Waals surface area contributed by atoms with Crippen molar-refractivity contribution >= 4 is 11.3 Å². The molecule has 1 aromatic carbocycles. The summed E-state index contributed by atoms with van der Waals surface area (Å²) < 4.78 is 0. The predicted octanol–water partition coefficient (Wildman–Crippen LogP) is 3.96. The number of nitrogens with zero attached hydrogens (tertiary/aromatic N) is 1. The number of hydrogen-bond donors (Lipinski definition) is 1. The minimum atomic E-state index is 0.726. The summed E-state index contributed by atoms with van der Waals surface area (Å²) in [5.74, 6) is 0. The molecule has 0 atom stereocenters. The van der Waals surface area contributed by atoms with Gasteiger partial charge in [-0.3, -0.25) is 0 Å². The van der Waals surface area contributed by atoms with Gasteiger partial charge in [0.1, 0.15) is 0 Å². The lowest BCUT2D eigenvalue weighted by atomic mass is 10.1. The lowest BCUT2D eigenvalue weighted by Crippen LogP contribution is -2.25. The van der Waals surface area contributed by atoms with Crippen molar-refractivity contribution in [3.8, 4) is 0 Å². The number of nitrogens with one attached hydrogen (secondary N) is 1. The van der Waals surface area contributed by atoms with Crippen molar-refractivity contribution in [2.75, 3.05) is 0 Å². The van der Waals surface area contributed by atoms with Crippen LogP contribution in [0.15, 0.2) is 35.7 Å². The predicted molar refractivity (Wildman–Crippen MR) is 85.1 cm³/mol. The molecule has 2 aromatic rings. The van der Waals surface area contributed by atoms with Gasteiger partial charge in [0.15, 0.2) is 0 Å². The van der Waals surface area contributed by atoms with Crippen LogP contribution >= 0.6 is 11.3 Å². The molecule has 0 aliphatic heterocycles. The topological polar surface area (TPSA) is 24.9 Å². The maximum atomic E-state index is 4.74. The zero-order valence-corrected chi connectivity index (χ0v) is 12.7. The summed E-state index contributed by atoms with van der Waals surface area (Å²) in [5.41, 5.74) is 2.61. The van der Waals surface area contributed by atoms with Gasteiger partial charge in [-0.15, -0.1) is 11.3 Å². The SMILES string of the molecule is c1ccc(CCc2nc(CNC3CCCC3)cs2)cc1. The molecular weight excluding hydrogens is 264 g/mol. The number of aromatic nitrogens is 1. The molecule has 0 amide bonds. The van der Waals surface area contributed by atoms with Crippen LogP contribution in [0.5, 0.6) is 0 Å². The quantitative estimate of drug-likeness (QED) is 0.869. The van der Waals surface area contributed by atoms with Gasteiger partial charge >= 0.3 is 0 Å². The highest BCUT2D eigenvalue weighted by Crippen LogP contribution is 2.19. The van der Waals surface area contributed by atoms with Gasteiger partial charge in [0.05, 0.1) is 10.7 Å². The Bertz CT molecular complexity index is 515. The summed E-state index contributed by atoms with van der Waals surface area (Å²) in [5, 5.41) is 7.10. The van der Waals surface area contributed by atoms with Crippen LogP contribution in [0.3, 0.4) is 0 Å². The van der Waals surface area contributed by atoms with E-state index in [4.69, 9.17) is 4.98 Å². The molecule has 2 nitrogen and oxygen atoms in total. The Morgan fingerprint density at radius 2 is 1.90 bits per heavy atom. The van der Waals surface area contributed by atoms with E-state index in [-0.39, 0.29) is 0 Å². The van der Waals surface area contributed by atoms with E-state index in [1.165, 1.54) is 41.9 Å². The normalized spacial score (nSPS) is 15.8. The summed E-state index contributed by atoms with van der Waals surface area (Å²) in [7, 11) is 0. The van der Waals surface area contributed by atoms with Gasteiger partial charge in [-0.2, -0.15) is 0 Å². The van der Waals surface area contributed by atoms with Crippen LogP contribution in [0.2, 0.25) is 0 Å². The van der Waals surface area contributed by atoms with Crippen molar-refractivity contribution in [1.29, 1.82) is 0 Å². The molecule has 0 radical (unpaired) electrons. The molecule has 3 rings (SSSR count). The second kappa shape index (κ2) is 7.00. The molecular formula is C17H22N2S. The molecule has 1 aliphatic carbocycles. The van der Waals surface area contributed by atoms with Crippen LogP contribution in [0.1, 0.15) is 41.9 Å². The summed E-state index contributed by atoms with van der Waals surface area (Å²) in [6.45, 7) is 0.937. The molecule has 0 spiro atoms. The highest BCUT2D eigenvalue weighted by atomic mass is 32.1. The highest BCUT2D eigenvalue weighted by Gasteiger charge is 2.14. The van der Waals surface area contributed by atoms with E-state index < -0.39 is 0 Å². The van der Waals surface area contributed by atoms with Crippen molar-refractivity contribution in [3.05, 3.63) is 52.0 Å². The van der Waals surface area contributed by atoms with Crippen LogP contribution in [0.4, 0.5) is 0 Å². The fourth-order valence-corrected chi connectivity index (χ4v) is 3.62. The van der Waals surface area contributed by atoms with Gasteiger partial charge in [0.2, 0.25) is 0 Å². The molecule has 0 unspecified atom stereocenters. The van der Waals surface area contributed by atoms with E-state index in [0.717, 1.165) is 25.4 Å². The van der Waals surface area contributed by atoms with Gasteiger partial charge in [-0.25, -0.2) is 4.98 Å². The molecule has 1 saturated carbocycles. The van der Waals surface area contributed by atoms with E-state index in [0.29, 0.717) is 0 Å². The van der Waals surface area contributed by atoms with Gasteiger partial charge in [0, 0.05) is 24.4 Å². The van der Waals surface area contributed by atoms with E-state index >= 15 is 0 Å². The summed E-state index contributed by atoms with van der Waals surface area (Å²) in [6.07, 6.45) is 7.59. The van der Waals surface area contributed by atoms with E-state index in [2.05, 4.69) is 41.0 Å². The second-order valence-corrected chi connectivity index (χ2v) is 6.52. The lowest BCUT2D eigenvalue weighted by Gasteiger charge is -2.09. The second-order valence-electron chi connectivity index (χ2n) is 5.58. The largest absolute Gasteiger partial charge is 0.308 e. The standard InChI is InChI=1S/C17H22N2S/c1-2-6-14(7-3-1)10-11-17-19-16(13-20-17)12-18-15-8-4-5-9-15/h1-3,6-7,13,15,18H,4-5,8-12H2. The number of aryl methyl sites for hydroxylation is 2. The Labute approximate surface area is 125 Å². The molecule has 1 aromatic heterocycles. The van der Waals surface area contributed by atoms with Crippen LogP contribution < -0.4 is 5.32 Å². The van der Waals surface area contributed by atoms with E-state index in [1.54, 1.807) is 11.3 Å². The summed E-state index contributed by atoms with van der Waals surface area (Å²) >= 11 is 1.80. The number of hydrogen-bond acceptors (Lipinski definition) is 3. The Balaban J connectivity index is 1.46. The fraction of sp³-hybridized carbons (Fsp3) is 0.471. The summed E-state index contributed by atoms with van der Waals surface area (Å²) in [4.78, 5) is 4.74. The van der Waals surface area contributed by atoms with Crippen molar-refractivity contribution in [2.24, 2.45) is 0 Å². The third-order valence-corrected chi connectivity index (χ3v) is 4.95. The first kappa shape index (κ1) is 13.8. The maximum absolute atomic E-state index is 4.74. The van der Waals surface area contributed by atoms with Gasteiger partial charge in [-0.1, -0.05) is 43.2 Å². The number of thiazole rings is 1. The van der Waals surface area contributed by atoms with E-state index in [1.807, 2.05) is 0 Å². The zero-order valence-electron chi connectivity index (χ0n) is 11.8. The lowest BCUT2D eigenvalue weighted by molar-refractivity contribution is 0.520. The average Bonchev–Trinajstić information content (AvgIpc) is 3.16. The molecule has 1 fully saturated rings. The van der Waals surface area contributed by atoms with Crippen LogP contribution in [0.25, 0.3) is 0 Å². The van der Waals surface area contributed by atoms with Crippen molar-refractivity contribution in [2.45, 2.75) is 51.1 Å². The molecule has 3 heteroatoms. The van der Waals surface area contributed by atoms with Crippen LogP contribution in [-0.4, -0.2) is 11.0 Å². The molecule has 0 bridgehead atoms. The highest BCUT2D eigenvalue weighted by molar-refractivity contribution is 7.09.